The molecule has 0 saturated carbocycles. The zero-order chi connectivity index (χ0) is 18.9. The number of hydrogen-bond acceptors (Lipinski definition) is 3. The second-order valence-corrected chi connectivity index (χ2v) is 6.02. The summed E-state index contributed by atoms with van der Waals surface area (Å²) in [5.41, 5.74) is 2.83. The number of carbonyl (C=O) groups is 2. The van der Waals surface area contributed by atoms with Crippen LogP contribution in [0.15, 0.2) is 48.5 Å². The summed E-state index contributed by atoms with van der Waals surface area (Å²) in [5, 5.41) is 5.60. The Bertz CT molecular complexity index is 741. The van der Waals surface area contributed by atoms with Crippen molar-refractivity contribution in [1.29, 1.82) is 0 Å². The van der Waals surface area contributed by atoms with Crippen LogP contribution in [0.2, 0.25) is 0 Å². The number of benzene rings is 2. The molecule has 0 unspecified atom stereocenters. The second kappa shape index (κ2) is 9.61. The minimum absolute atomic E-state index is 0.150. The Morgan fingerprint density at radius 2 is 1.65 bits per heavy atom. The fourth-order valence-electron chi connectivity index (χ4n) is 2.77. The Balaban J connectivity index is 2.08. The number of anilines is 2. The van der Waals surface area contributed by atoms with Crippen molar-refractivity contribution in [1.82, 2.24) is 5.32 Å². The third-order valence-corrected chi connectivity index (χ3v) is 4.09. The monoisotopic (exact) mass is 353 g/mol. The van der Waals surface area contributed by atoms with E-state index in [4.69, 9.17) is 0 Å². The largest absolute Gasteiger partial charge is 0.372 e. The van der Waals surface area contributed by atoms with Crippen LogP contribution >= 0.6 is 0 Å². The molecule has 0 atom stereocenters. The molecular weight excluding hydrogens is 326 g/mol. The standard InChI is InChI=1S/C21H27N3O2/c1-4-14-24(6-3)19-12-10-16(11-13-19)21(26)23-18-9-7-8-17(15-18)20(25)22-5-2/h7-13,15H,4-6,14H2,1-3H3,(H,22,25)(H,23,26). The molecule has 2 amide bonds. The van der Waals surface area contributed by atoms with Crippen molar-refractivity contribution in [3.63, 3.8) is 0 Å². The van der Waals surface area contributed by atoms with E-state index >= 15 is 0 Å². The number of nitrogens with zero attached hydrogens (tertiary/aromatic N) is 1. The van der Waals surface area contributed by atoms with Gasteiger partial charge in [0.1, 0.15) is 0 Å². The molecule has 2 rings (SSSR count). The summed E-state index contributed by atoms with van der Waals surface area (Å²) in [7, 11) is 0. The molecule has 0 spiro atoms. The number of hydrogen-bond donors (Lipinski definition) is 2. The molecule has 26 heavy (non-hydrogen) atoms. The first-order valence-electron chi connectivity index (χ1n) is 9.13. The van der Waals surface area contributed by atoms with Crippen molar-refractivity contribution in [2.45, 2.75) is 27.2 Å². The van der Waals surface area contributed by atoms with Crippen LogP contribution in [0, 0.1) is 0 Å². The molecular formula is C21H27N3O2. The van der Waals surface area contributed by atoms with E-state index in [2.05, 4.69) is 29.4 Å². The maximum atomic E-state index is 12.5. The Morgan fingerprint density at radius 3 is 2.27 bits per heavy atom. The highest BCUT2D eigenvalue weighted by Crippen LogP contribution is 2.17. The van der Waals surface area contributed by atoms with Crippen LogP contribution in [-0.2, 0) is 0 Å². The minimum Gasteiger partial charge on any atom is -0.372 e. The molecule has 0 aromatic heterocycles. The lowest BCUT2D eigenvalue weighted by atomic mass is 10.1. The molecule has 0 heterocycles. The Labute approximate surface area is 155 Å². The predicted molar refractivity (Wildman–Crippen MR) is 107 cm³/mol. The number of nitrogens with one attached hydrogen (secondary N) is 2. The van der Waals surface area contributed by atoms with Gasteiger partial charge in [-0.3, -0.25) is 9.59 Å². The zero-order valence-electron chi connectivity index (χ0n) is 15.7. The Kier molecular flexibility index (Phi) is 7.21. The summed E-state index contributed by atoms with van der Waals surface area (Å²) in [4.78, 5) is 26.7. The van der Waals surface area contributed by atoms with Gasteiger partial charge in [-0.1, -0.05) is 13.0 Å². The van der Waals surface area contributed by atoms with Crippen molar-refractivity contribution < 1.29 is 9.59 Å². The van der Waals surface area contributed by atoms with Crippen molar-refractivity contribution in [3.8, 4) is 0 Å². The van der Waals surface area contributed by atoms with E-state index in [1.54, 1.807) is 24.3 Å². The Hall–Kier alpha value is -2.82. The van der Waals surface area contributed by atoms with Crippen molar-refractivity contribution in [2.24, 2.45) is 0 Å². The molecule has 0 radical (unpaired) electrons. The lowest BCUT2D eigenvalue weighted by molar-refractivity contribution is 0.0954. The van der Waals surface area contributed by atoms with Crippen LogP contribution in [0.4, 0.5) is 11.4 Å². The van der Waals surface area contributed by atoms with Gasteiger partial charge in [0.2, 0.25) is 0 Å². The smallest absolute Gasteiger partial charge is 0.255 e. The third-order valence-electron chi connectivity index (χ3n) is 4.09. The first kappa shape index (κ1) is 19.5. The van der Waals surface area contributed by atoms with Crippen LogP contribution < -0.4 is 15.5 Å². The van der Waals surface area contributed by atoms with Crippen molar-refractivity contribution >= 4 is 23.2 Å². The first-order chi connectivity index (χ1) is 12.6. The minimum atomic E-state index is -0.192. The van der Waals surface area contributed by atoms with E-state index in [0.29, 0.717) is 23.4 Å². The molecule has 0 bridgehead atoms. The van der Waals surface area contributed by atoms with Gasteiger partial charge in [0, 0.05) is 42.1 Å². The number of amides is 2. The molecule has 0 aliphatic heterocycles. The molecule has 2 N–H and O–H groups in total. The maximum absolute atomic E-state index is 12.5. The van der Waals surface area contributed by atoms with Gasteiger partial charge in [-0.05, 0) is 62.7 Å². The van der Waals surface area contributed by atoms with Crippen molar-refractivity contribution in [2.75, 3.05) is 29.9 Å². The van der Waals surface area contributed by atoms with E-state index in [0.717, 1.165) is 25.2 Å². The molecule has 5 nitrogen and oxygen atoms in total. The topological polar surface area (TPSA) is 61.4 Å². The molecule has 2 aromatic rings. The summed E-state index contributed by atoms with van der Waals surface area (Å²) < 4.78 is 0. The highest BCUT2D eigenvalue weighted by molar-refractivity contribution is 6.05. The highest BCUT2D eigenvalue weighted by Gasteiger charge is 2.10. The molecule has 5 heteroatoms. The van der Waals surface area contributed by atoms with Gasteiger partial charge in [-0.2, -0.15) is 0 Å². The summed E-state index contributed by atoms with van der Waals surface area (Å²) >= 11 is 0. The molecule has 138 valence electrons. The predicted octanol–water partition coefficient (Wildman–Crippen LogP) is 3.92. The average Bonchev–Trinajstić information content (AvgIpc) is 2.66. The number of rotatable bonds is 8. The third kappa shape index (κ3) is 5.09. The average molecular weight is 353 g/mol. The SMILES string of the molecule is CCCN(CC)c1ccc(C(=O)Nc2cccc(C(=O)NCC)c2)cc1. The van der Waals surface area contributed by atoms with Gasteiger partial charge in [-0.15, -0.1) is 0 Å². The van der Waals surface area contributed by atoms with Crippen LogP contribution in [-0.4, -0.2) is 31.4 Å². The van der Waals surface area contributed by atoms with Gasteiger partial charge in [0.15, 0.2) is 0 Å². The van der Waals surface area contributed by atoms with Crippen LogP contribution in [0.3, 0.4) is 0 Å². The first-order valence-corrected chi connectivity index (χ1v) is 9.13. The van der Waals surface area contributed by atoms with Gasteiger partial charge in [-0.25, -0.2) is 0 Å². The summed E-state index contributed by atoms with van der Waals surface area (Å²) in [6, 6.07) is 14.5. The molecule has 0 fully saturated rings. The Morgan fingerprint density at radius 1 is 0.923 bits per heavy atom. The highest BCUT2D eigenvalue weighted by atomic mass is 16.2. The van der Waals surface area contributed by atoms with E-state index in [1.165, 1.54) is 0 Å². The van der Waals surface area contributed by atoms with Crippen LogP contribution in [0.5, 0.6) is 0 Å². The fourth-order valence-corrected chi connectivity index (χ4v) is 2.77. The van der Waals surface area contributed by atoms with E-state index in [1.807, 2.05) is 31.2 Å². The molecule has 0 aliphatic rings. The molecule has 2 aromatic carbocycles. The lowest BCUT2D eigenvalue weighted by Crippen LogP contribution is -2.23. The van der Waals surface area contributed by atoms with Crippen LogP contribution in [0.25, 0.3) is 0 Å². The summed E-state index contributed by atoms with van der Waals surface area (Å²) in [5.74, 6) is -0.341. The van der Waals surface area contributed by atoms with E-state index in [9.17, 15) is 9.59 Å². The van der Waals surface area contributed by atoms with Gasteiger partial charge in [0.25, 0.3) is 11.8 Å². The quantitative estimate of drug-likeness (QED) is 0.756. The van der Waals surface area contributed by atoms with Gasteiger partial charge < -0.3 is 15.5 Å². The normalized spacial score (nSPS) is 10.3. The van der Waals surface area contributed by atoms with Crippen LogP contribution in [0.1, 0.15) is 47.9 Å². The molecule has 0 saturated heterocycles. The summed E-state index contributed by atoms with van der Waals surface area (Å²) in [6.45, 7) is 8.64. The van der Waals surface area contributed by atoms with Gasteiger partial charge >= 0.3 is 0 Å². The lowest BCUT2D eigenvalue weighted by Gasteiger charge is -2.22. The molecule has 0 aliphatic carbocycles. The number of carbonyl (C=O) groups excluding carboxylic acids is 2. The fraction of sp³-hybridized carbons (Fsp3) is 0.333. The van der Waals surface area contributed by atoms with E-state index < -0.39 is 0 Å². The summed E-state index contributed by atoms with van der Waals surface area (Å²) in [6.07, 6.45) is 1.08. The van der Waals surface area contributed by atoms with Crippen molar-refractivity contribution in [3.05, 3.63) is 59.7 Å². The maximum Gasteiger partial charge on any atom is 0.255 e. The second-order valence-electron chi connectivity index (χ2n) is 6.02. The van der Waals surface area contributed by atoms with Gasteiger partial charge in [0.05, 0.1) is 0 Å². The zero-order valence-corrected chi connectivity index (χ0v) is 15.7. The van der Waals surface area contributed by atoms with E-state index in [-0.39, 0.29) is 11.8 Å².